The first-order chi connectivity index (χ1) is 13.9. The number of halogens is 3. The third-order valence-electron chi connectivity index (χ3n) is 4.68. The molecule has 29 heavy (non-hydrogen) atoms. The topological polar surface area (TPSA) is 51.2 Å². The highest BCUT2D eigenvalue weighted by Gasteiger charge is 2.32. The lowest BCUT2D eigenvalue weighted by Gasteiger charge is -2.13. The molecule has 4 rings (SSSR count). The molecule has 0 unspecified atom stereocenters. The van der Waals surface area contributed by atoms with Gasteiger partial charge in [0.05, 0.1) is 17.7 Å². The number of fused-ring (bicyclic) bond motifs is 2. The summed E-state index contributed by atoms with van der Waals surface area (Å²) in [4.78, 5) is 16.8. The number of hydrogen-bond acceptors (Lipinski definition) is 3. The lowest BCUT2D eigenvalue weighted by molar-refractivity contribution is -0.137. The van der Waals surface area contributed by atoms with Gasteiger partial charge < -0.3 is 10.1 Å². The fraction of sp³-hybridized carbons (Fsp3) is 0.182. The molecule has 1 aromatic heterocycles. The summed E-state index contributed by atoms with van der Waals surface area (Å²) in [5.74, 6) is -0.214. The molecule has 0 atom stereocenters. The predicted molar refractivity (Wildman–Crippen MR) is 105 cm³/mol. The van der Waals surface area contributed by atoms with Gasteiger partial charge in [0.1, 0.15) is 5.75 Å². The van der Waals surface area contributed by atoms with E-state index in [0.717, 1.165) is 23.0 Å². The van der Waals surface area contributed by atoms with Crippen LogP contribution in [0.2, 0.25) is 0 Å². The number of carbonyl (C=O) groups is 1. The molecule has 2 heterocycles. The Morgan fingerprint density at radius 1 is 1.14 bits per heavy atom. The molecule has 4 nitrogen and oxygen atoms in total. The van der Waals surface area contributed by atoms with Crippen molar-refractivity contribution in [1.29, 1.82) is 0 Å². The molecule has 0 saturated heterocycles. The number of pyridine rings is 1. The normalized spacial score (nSPS) is 15.5. The average molecular weight is 398 g/mol. The first kappa shape index (κ1) is 19.0. The zero-order chi connectivity index (χ0) is 20.4. The number of hydrogen-bond donors (Lipinski definition) is 1. The number of amides is 1. The van der Waals surface area contributed by atoms with Gasteiger partial charge in [0, 0.05) is 28.9 Å². The second-order valence-electron chi connectivity index (χ2n) is 6.73. The van der Waals surface area contributed by atoms with Crippen molar-refractivity contribution >= 4 is 28.1 Å². The number of aromatic nitrogens is 1. The third-order valence-corrected chi connectivity index (χ3v) is 4.68. The number of nitrogens with one attached hydrogen (secondary N) is 1. The van der Waals surface area contributed by atoms with Gasteiger partial charge in [-0.15, -0.1) is 0 Å². The minimum atomic E-state index is -4.45. The van der Waals surface area contributed by atoms with E-state index in [1.54, 1.807) is 18.3 Å². The predicted octanol–water partition coefficient (Wildman–Crippen LogP) is 5.45. The van der Waals surface area contributed by atoms with Gasteiger partial charge in [0.2, 0.25) is 5.91 Å². The quantitative estimate of drug-likeness (QED) is 0.584. The fourth-order valence-corrected chi connectivity index (χ4v) is 3.29. The molecule has 0 radical (unpaired) electrons. The number of rotatable bonds is 2. The summed E-state index contributed by atoms with van der Waals surface area (Å²) in [6.07, 6.45) is -0.215. The molecule has 148 valence electrons. The van der Waals surface area contributed by atoms with E-state index in [4.69, 9.17) is 4.74 Å². The molecular weight excluding hydrogens is 381 g/mol. The molecule has 0 aliphatic carbocycles. The molecule has 2 aromatic carbocycles. The highest BCUT2D eigenvalue weighted by Crippen LogP contribution is 2.38. The molecule has 1 aliphatic heterocycles. The third kappa shape index (κ3) is 4.23. The van der Waals surface area contributed by atoms with Crippen LogP contribution in [0.4, 0.5) is 18.9 Å². The van der Waals surface area contributed by atoms with Crippen molar-refractivity contribution in [1.82, 2.24) is 4.98 Å². The van der Waals surface area contributed by atoms with Crippen LogP contribution in [0.3, 0.4) is 0 Å². The van der Waals surface area contributed by atoms with E-state index in [9.17, 15) is 18.0 Å². The summed E-state index contributed by atoms with van der Waals surface area (Å²) < 4.78 is 44.4. The second-order valence-corrected chi connectivity index (χ2v) is 6.73. The fourth-order valence-electron chi connectivity index (χ4n) is 3.29. The molecule has 1 amide bonds. The first-order valence-electron chi connectivity index (χ1n) is 9.11. The van der Waals surface area contributed by atoms with Crippen molar-refractivity contribution < 1.29 is 22.7 Å². The molecule has 1 N–H and O–H groups in total. The Morgan fingerprint density at radius 3 is 2.83 bits per heavy atom. The van der Waals surface area contributed by atoms with Gasteiger partial charge in [-0.1, -0.05) is 18.2 Å². The van der Waals surface area contributed by atoms with E-state index in [0.29, 0.717) is 36.3 Å². The van der Waals surface area contributed by atoms with Crippen LogP contribution >= 0.6 is 0 Å². The van der Waals surface area contributed by atoms with Gasteiger partial charge in [-0.25, -0.2) is 0 Å². The Bertz CT molecular complexity index is 1110. The van der Waals surface area contributed by atoms with Crippen LogP contribution < -0.4 is 10.1 Å². The van der Waals surface area contributed by atoms with E-state index in [1.165, 1.54) is 12.1 Å². The van der Waals surface area contributed by atoms with Crippen LogP contribution in [0, 0.1) is 0 Å². The summed E-state index contributed by atoms with van der Waals surface area (Å²) in [6.45, 7) is 0.295. The highest BCUT2D eigenvalue weighted by molar-refractivity contribution is 6.05. The van der Waals surface area contributed by atoms with E-state index in [2.05, 4.69) is 10.3 Å². The summed E-state index contributed by atoms with van der Waals surface area (Å²) in [5.41, 5.74) is 1.72. The average Bonchev–Trinajstić information content (AvgIpc) is 2.89. The van der Waals surface area contributed by atoms with Gasteiger partial charge in [0.25, 0.3) is 0 Å². The zero-order valence-corrected chi connectivity index (χ0v) is 15.3. The van der Waals surface area contributed by atoms with E-state index in [-0.39, 0.29) is 11.7 Å². The number of carbonyl (C=O) groups excluding carboxylic acids is 1. The van der Waals surface area contributed by atoms with Crippen LogP contribution in [-0.4, -0.2) is 17.5 Å². The van der Waals surface area contributed by atoms with Gasteiger partial charge in [0.15, 0.2) is 0 Å². The number of anilines is 1. The molecule has 0 bridgehead atoms. The van der Waals surface area contributed by atoms with Crippen molar-refractivity contribution in [2.45, 2.75) is 19.0 Å². The number of ether oxygens (including phenoxy) is 1. The number of allylic oxidation sites excluding steroid dienone is 1. The maximum atomic E-state index is 13.0. The largest absolute Gasteiger partial charge is 0.493 e. The van der Waals surface area contributed by atoms with Crippen molar-refractivity contribution in [2.75, 3.05) is 11.9 Å². The SMILES string of the molecule is O=C(/C=C1/CCCOc2cc(C(F)(F)F)ccc21)Nc1ccc2cccnc2c1. The van der Waals surface area contributed by atoms with Gasteiger partial charge >= 0.3 is 6.18 Å². The van der Waals surface area contributed by atoms with Crippen LogP contribution in [0.25, 0.3) is 16.5 Å². The smallest absolute Gasteiger partial charge is 0.416 e. The lowest BCUT2D eigenvalue weighted by Crippen LogP contribution is -2.09. The van der Waals surface area contributed by atoms with Crippen LogP contribution in [0.5, 0.6) is 5.75 Å². The monoisotopic (exact) mass is 398 g/mol. The van der Waals surface area contributed by atoms with Crippen molar-refractivity contribution in [3.63, 3.8) is 0 Å². The Labute approximate surface area is 165 Å². The standard InChI is InChI=1S/C22H17F3N2O2/c23-22(24,25)16-6-8-18-15(4-2-10-29-20(18)12-16)11-21(28)27-17-7-5-14-3-1-9-26-19(14)13-17/h1,3,5-9,11-13H,2,4,10H2,(H,27,28)/b15-11-. The van der Waals surface area contributed by atoms with Gasteiger partial charge in [-0.2, -0.15) is 13.2 Å². The molecule has 1 aliphatic rings. The molecule has 0 fully saturated rings. The van der Waals surface area contributed by atoms with E-state index in [1.807, 2.05) is 18.2 Å². The Hall–Kier alpha value is -3.35. The number of benzene rings is 2. The Balaban J connectivity index is 1.60. The molecular formula is C22H17F3N2O2. The maximum absolute atomic E-state index is 13.0. The van der Waals surface area contributed by atoms with E-state index >= 15 is 0 Å². The van der Waals surface area contributed by atoms with Crippen LogP contribution in [-0.2, 0) is 11.0 Å². The zero-order valence-electron chi connectivity index (χ0n) is 15.3. The minimum Gasteiger partial charge on any atom is -0.493 e. The van der Waals surface area contributed by atoms with Crippen molar-refractivity contribution in [3.8, 4) is 5.75 Å². The van der Waals surface area contributed by atoms with Crippen molar-refractivity contribution in [2.24, 2.45) is 0 Å². The summed E-state index contributed by atoms with van der Waals surface area (Å²) in [5, 5.41) is 3.75. The molecule has 7 heteroatoms. The summed E-state index contributed by atoms with van der Waals surface area (Å²) in [7, 11) is 0. The Kier molecular flexibility index (Phi) is 4.96. The molecule has 3 aromatic rings. The van der Waals surface area contributed by atoms with Gasteiger partial charge in [-0.3, -0.25) is 9.78 Å². The summed E-state index contributed by atoms with van der Waals surface area (Å²) in [6, 6.07) is 12.5. The van der Waals surface area contributed by atoms with Crippen LogP contribution in [0.1, 0.15) is 24.0 Å². The van der Waals surface area contributed by atoms with Crippen molar-refractivity contribution in [3.05, 3.63) is 71.9 Å². The van der Waals surface area contributed by atoms with E-state index < -0.39 is 11.7 Å². The number of alkyl halides is 3. The highest BCUT2D eigenvalue weighted by atomic mass is 19.4. The van der Waals surface area contributed by atoms with Gasteiger partial charge in [-0.05, 0) is 48.7 Å². The lowest BCUT2D eigenvalue weighted by atomic mass is 9.99. The summed E-state index contributed by atoms with van der Waals surface area (Å²) >= 11 is 0. The molecule has 0 spiro atoms. The second kappa shape index (κ2) is 7.58. The molecule has 0 saturated carbocycles. The van der Waals surface area contributed by atoms with Crippen LogP contribution in [0.15, 0.2) is 60.8 Å². The Morgan fingerprint density at radius 2 is 2.00 bits per heavy atom. The minimum absolute atomic E-state index is 0.145. The first-order valence-corrected chi connectivity index (χ1v) is 9.11. The maximum Gasteiger partial charge on any atom is 0.416 e. The number of nitrogens with zero attached hydrogens (tertiary/aromatic N) is 1.